The van der Waals surface area contributed by atoms with Crippen molar-refractivity contribution in [1.29, 1.82) is 0 Å². The third kappa shape index (κ3) is 6.03. The van der Waals surface area contributed by atoms with Crippen LogP contribution in [-0.2, 0) is 20.9 Å². The van der Waals surface area contributed by atoms with E-state index in [1.54, 1.807) is 22.1 Å². The van der Waals surface area contributed by atoms with Crippen molar-refractivity contribution in [2.75, 3.05) is 58.5 Å². The average Bonchev–Trinajstić information content (AvgIpc) is 3.77. The number of likely N-dealkylation sites (N-methyl/N-ethyl adjacent to an activating group) is 1. The fraction of sp³-hybridized carbons (Fsp3) is 0.306. The highest BCUT2D eigenvalue weighted by molar-refractivity contribution is 7.18. The van der Waals surface area contributed by atoms with Crippen LogP contribution >= 0.6 is 11.3 Å². The first-order valence-corrected chi connectivity index (χ1v) is 17.0. The van der Waals surface area contributed by atoms with Crippen molar-refractivity contribution in [3.8, 4) is 39.5 Å². The Bertz CT molecular complexity index is 2120. The van der Waals surface area contributed by atoms with Crippen LogP contribution in [0.3, 0.4) is 0 Å². The molecule has 50 heavy (non-hydrogen) atoms. The summed E-state index contributed by atoms with van der Waals surface area (Å²) < 4.78 is 44.3. The number of halogens is 2. The van der Waals surface area contributed by atoms with Gasteiger partial charge in [0.2, 0.25) is 11.8 Å². The van der Waals surface area contributed by atoms with E-state index in [9.17, 15) is 14.0 Å². The minimum atomic E-state index is -0.814. The number of pyridine rings is 2. The van der Waals surface area contributed by atoms with Crippen molar-refractivity contribution < 1.29 is 27.8 Å². The first-order valence-electron chi connectivity index (χ1n) is 16.2. The Labute approximate surface area is 291 Å². The number of ether oxygens (including phenoxy) is 2. The number of methoxy groups -OCH3 is 1. The Morgan fingerprint density at radius 2 is 1.92 bits per heavy atom. The summed E-state index contributed by atoms with van der Waals surface area (Å²) in [5.74, 6) is -1.26. The second-order valence-electron chi connectivity index (χ2n) is 12.2. The van der Waals surface area contributed by atoms with Crippen LogP contribution in [0.5, 0.6) is 5.75 Å². The lowest BCUT2D eigenvalue weighted by Crippen LogP contribution is -2.49. The Hall–Kier alpha value is -5.05. The Morgan fingerprint density at radius 1 is 1.08 bits per heavy atom. The molecule has 1 aromatic carbocycles. The number of carbonyl (C=O) groups is 2. The maximum Gasteiger partial charge on any atom is 0.246 e. The summed E-state index contributed by atoms with van der Waals surface area (Å²) in [5.41, 5.74) is 3.29. The van der Waals surface area contributed by atoms with E-state index < -0.39 is 11.6 Å². The van der Waals surface area contributed by atoms with E-state index in [1.165, 1.54) is 24.5 Å². The van der Waals surface area contributed by atoms with Crippen molar-refractivity contribution in [3.63, 3.8) is 0 Å². The summed E-state index contributed by atoms with van der Waals surface area (Å²) >= 11 is 1.39. The number of hydrogen-bond acceptors (Lipinski definition) is 9. The lowest BCUT2D eigenvalue weighted by atomic mass is 9.96. The molecular formula is C36H35F2N7O4S. The van der Waals surface area contributed by atoms with Gasteiger partial charge in [0, 0.05) is 66.3 Å². The highest BCUT2D eigenvalue weighted by Crippen LogP contribution is 2.47. The lowest BCUT2D eigenvalue weighted by molar-refractivity contribution is -0.129. The normalized spacial score (nSPS) is 16.6. The SMILES string of the molecule is C=CC(=O)N1CCn2nc(-c3nc(-c4ccc(N5CCN(C)CC5=O)nc4)c4ccsc4c3-c3c(F)cc(F)cc3OCCOC)cc2C1C. The van der Waals surface area contributed by atoms with Gasteiger partial charge in [-0.3, -0.25) is 24.1 Å². The predicted molar refractivity (Wildman–Crippen MR) is 187 cm³/mol. The molecule has 0 bridgehead atoms. The largest absolute Gasteiger partial charge is 0.490 e. The Balaban J connectivity index is 1.42. The summed E-state index contributed by atoms with van der Waals surface area (Å²) in [5, 5.41) is 7.54. The van der Waals surface area contributed by atoms with E-state index >= 15 is 4.39 Å². The van der Waals surface area contributed by atoms with Gasteiger partial charge in [-0.15, -0.1) is 11.3 Å². The third-order valence-corrected chi connectivity index (χ3v) is 10.0. The van der Waals surface area contributed by atoms with Gasteiger partial charge in [0.05, 0.1) is 42.7 Å². The van der Waals surface area contributed by atoms with Crippen LogP contribution in [0, 0.1) is 11.6 Å². The molecule has 0 spiro atoms. The standard InChI is InChI=1S/C36H35F2N7O4S/c1-5-30(46)43-11-12-45-27(21(43)2)18-26(41-45)35-33(32-25(38)16-23(37)17-28(32)49-14-13-48-4)36-24(8-15-50-36)34(40-35)22-6-7-29(39-19-22)44-10-9-42(3)20-31(44)47/h5-8,15-19,21H,1,9-14,20H2,2-4H3. The number of fused-ring (bicyclic) bond motifs is 2. The number of aromatic nitrogens is 4. The van der Waals surface area contributed by atoms with Gasteiger partial charge in [0.1, 0.15) is 41.2 Å². The van der Waals surface area contributed by atoms with E-state index in [4.69, 9.17) is 19.6 Å². The van der Waals surface area contributed by atoms with Crippen molar-refractivity contribution in [2.24, 2.45) is 0 Å². The van der Waals surface area contributed by atoms with E-state index in [1.807, 2.05) is 47.1 Å². The van der Waals surface area contributed by atoms with Crippen LogP contribution in [0.2, 0.25) is 0 Å². The smallest absolute Gasteiger partial charge is 0.246 e. The van der Waals surface area contributed by atoms with Crippen molar-refractivity contribution >= 4 is 39.1 Å². The average molecular weight is 700 g/mol. The number of rotatable bonds is 9. The molecule has 1 saturated heterocycles. The van der Waals surface area contributed by atoms with Gasteiger partial charge in [-0.25, -0.2) is 18.7 Å². The van der Waals surface area contributed by atoms with Crippen LogP contribution in [0.1, 0.15) is 18.7 Å². The molecule has 11 nitrogen and oxygen atoms in total. The second-order valence-corrected chi connectivity index (χ2v) is 13.1. The molecule has 4 aromatic heterocycles. The van der Waals surface area contributed by atoms with Gasteiger partial charge >= 0.3 is 0 Å². The first-order chi connectivity index (χ1) is 24.2. The molecule has 14 heteroatoms. The molecule has 1 unspecified atom stereocenters. The van der Waals surface area contributed by atoms with Gasteiger partial charge in [0.25, 0.3) is 0 Å². The van der Waals surface area contributed by atoms with Gasteiger partial charge < -0.3 is 14.4 Å². The molecule has 1 atom stereocenters. The molecule has 0 aliphatic carbocycles. The highest BCUT2D eigenvalue weighted by Gasteiger charge is 2.32. The van der Waals surface area contributed by atoms with Gasteiger partial charge in [0.15, 0.2) is 0 Å². The minimum Gasteiger partial charge on any atom is -0.490 e. The minimum absolute atomic E-state index is 0.00742. The summed E-state index contributed by atoms with van der Waals surface area (Å²) in [4.78, 5) is 40.5. The number of thiophene rings is 1. The number of nitrogens with zero attached hydrogens (tertiary/aromatic N) is 7. The Morgan fingerprint density at radius 3 is 2.66 bits per heavy atom. The maximum absolute atomic E-state index is 16.1. The van der Waals surface area contributed by atoms with Crippen LogP contribution in [0.25, 0.3) is 43.9 Å². The maximum atomic E-state index is 16.1. The van der Waals surface area contributed by atoms with E-state index in [-0.39, 0.29) is 42.4 Å². The number of hydrogen-bond donors (Lipinski definition) is 0. The van der Waals surface area contributed by atoms with E-state index in [0.29, 0.717) is 64.9 Å². The monoisotopic (exact) mass is 699 g/mol. The van der Waals surface area contributed by atoms with Crippen LogP contribution in [-0.4, -0.2) is 94.9 Å². The third-order valence-electron chi connectivity index (χ3n) is 9.09. The molecule has 2 amide bonds. The number of piperazine rings is 1. The van der Waals surface area contributed by atoms with Gasteiger partial charge in [-0.05, 0) is 49.7 Å². The molecule has 258 valence electrons. The summed E-state index contributed by atoms with van der Waals surface area (Å²) in [6, 6.07) is 9.11. The second kappa shape index (κ2) is 13.7. The highest BCUT2D eigenvalue weighted by atomic mass is 32.1. The summed E-state index contributed by atoms with van der Waals surface area (Å²) in [6.07, 6.45) is 2.97. The van der Waals surface area contributed by atoms with E-state index in [2.05, 4.69) is 11.6 Å². The molecule has 2 aliphatic heterocycles. The molecule has 0 saturated carbocycles. The van der Waals surface area contributed by atoms with Crippen molar-refractivity contribution in [3.05, 3.63) is 78.0 Å². The summed E-state index contributed by atoms with van der Waals surface area (Å²) in [7, 11) is 3.42. The molecule has 2 aliphatic rings. The zero-order valence-corrected chi connectivity index (χ0v) is 28.7. The first kappa shape index (κ1) is 33.4. The molecule has 1 fully saturated rings. The molecular weight excluding hydrogens is 665 g/mol. The van der Waals surface area contributed by atoms with Crippen LogP contribution in [0.4, 0.5) is 14.6 Å². The fourth-order valence-electron chi connectivity index (χ4n) is 6.56. The number of anilines is 1. The van der Waals surface area contributed by atoms with Crippen LogP contribution in [0.15, 0.2) is 60.6 Å². The Kier molecular flexibility index (Phi) is 9.16. The number of amides is 2. The van der Waals surface area contributed by atoms with Crippen molar-refractivity contribution in [2.45, 2.75) is 19.5 Å². The van der Waals surface area contributed by atoms with E-state index in [0.717, 1.165) is 29.8 Å². The topological polar surface area (TPSA) is 106 Å². The number of benzene rings is 1. The quantitative estimate of drug-likeness (QED) is 0.146. The fourth-order valence-corrected chi connectivity index (χ4v) is 7.51. The van der Waals surface area contributed by atoms with Gasteiger partial charge in [-0.1, -0.05) is 6.58 Å². The molecule has 7 rings (SSSR count). The molecule has 5 aromatic rings. The zero-order chi connectivity index (χ0) is 35.1. The predicted octanol–water partition coefficient (Wildman–Crippen LogP) is 5.56. The molecule has 0 N–H and O–H groups in total. The lowest BCUT2D eigenvalue weighted by Gasteiger charge is -2.33. The number of carbonyl (C=O) groups excluding carboxylic acids is 2. The van der Waals surface area contributed by atoms with Gasteiger partial charge in [-0.2, -0.15) is 5.10 Å². The summed E-state index contributed by atoms with van der Waals surface area (Å²) in [6.45, 7) is 8.30. The molecule has 6 heterocycles. The van der Waals surface area contributed by atoms with Crippen LogP contribution < -0.4 is 9.64 Å². The molecule has 0 radical (unpaired) electrons. The zero-order valence-electron chi connectivity index (χ0n) is 27.9. The van der Waals surface area contributed by atoms with Crippen molar-refractivity contribution in [1.82, 2.24) is 29.5 Å².